The lowest BCUT2D eigenvalue weighted by Gasteiger charge is -2.41. The number of aryl methyl sites for hydroxylation is 1. The molecule has 0 radical (unpaired) electrons. The van der Waals surface area contributed by atoms with E-state index in [2.05, 4.69) is 10.1 Å². The number of rotatable bonds is 5. The van der Waals surface area contributed by atoms with E-state index in [4.69, 9.17) is 0 Å². The number of hydrogen-bond acceptors (Lipinski definition) is 4. The van der Waals surface area contributed by atoms with Gasteiger partial charge in [0.1, 0.15) is 18.2 Å². The summed E-state index contributed by atoms with van der Waals surface area (Å²) >= 11 is 0. The predicted molar refractivity (Wildman–Crippen MR) is 70.9 cm³/mol. The van der Waals surface area contributed by atoms with Crippen LogP contribution in [0.4, 0.5) is 0 Å². The summed E-state index contributed by atoms with van der Waals surface area (Å²) in [4.78, 5) is 29.1. The standard InChI is InChI=1S/C13H20N4O3/c1-16(11(18)5-8-17-10-14-9-15-17)13(12(19)20)6-3-2-4-7-13/h9-10H,2-8H2,1H3,(H,19,20). The van der Waals surface area contributed by atoms with Crippen LogP contribution < -0.4 is 0 Å². The first-order chi connectivity index (χ1) is 9.56. The van der Waals surface area contributed by atoms with E-state index in [9.17, 15) is 14.7 Å². The molecule has 1 aromatic heterocycles. The smallest absolute Gasteiger partial charge is 0.329 e. The van der Waals surface area contributed by atoms with Crippen molar-refractivity contribution in [3.05, 3.63) is 12.7 Å². The van der Waals surface area contributed by atoms with Gasteiger partial charge in [0.25, 0.3) is 0 Å². The third kappa shape index (κ3) is 2.81. The summed E-state index contributed by atoms with van der Waals surface area (Å²) in [7, 11) is 1.60. The maximum Gasteiger partial charge on any atom is 0.329 e. The molecule has 1 aliphatic rings. The molecule has 1 heterocycles. The van der Waals surface area contributed by atoms with E-state index in [1.54, 1.807) is 18.1 Å². The molecule has 0 spiro atoms. The van der Waals surface area contributed by atoms with Crippen molar-refractivity contribution in [2.24, 2.45) is 0 Å². The lowest BCUT2D eigenvalue weighted by molar-refractivity contribution is -0.160. The number of nitrogens with zero attached hydrogens (tertiary/aromatic N) is 4. The number of carbonyl (C=O) groups excluding carboxylic acids is 1. The van der Waals surface area contributed by atoms with Crippen molar-refractivity contribution < 1.29 is 14.7 Å². The molecule has 0 bridgehead atoms. The average molecular weight is 280 g/mol. The molecule has 0 unspecified atom stereocenters. The van der Waals surface area contributed by atoms with Crippen molar-refractivity contribution in [1.29, 1.82) is 0 Å². The molecule has 20 heavy (non-hydrogen) atoms. The second-order valence-corrected chi connectivity index (χ2v) is 5.26. The first-order valence-corrected chi connectivity index (χ1v) is 6.89. The third-order valence-corrected chi connectivity index (χ3v) is 4.12. The first-order valence-electron chi connectivity index (χ1n) is 6.89. The van der Waals surface area contributed by atoms with E-state index in [0.717, 1.165) is 19.3 Å². The Morgan fingerprint density at radius 2 is 2.05 bits per heavy atom. The molecule has 1 aromatic rings. The van der Waals surface area contributed by atoms with Crippen molar-refractivity contribution in [1.82, 2.24) is 19.7 Å². The van der Waals surface area contributed by atoms with Gasteiger partial charge in [-0.25, -0.2) is 9.78 Å². The molecule has 2 rings (SSSR count). The van der Waals surface area contributed by atoms with Crippen LogP contribution in [0.15, 0.2) is 12.7 Å². The number of aliphatic carboxylic acids is 1. The van der Waals surface area contributed by atoms with Crippen molar-refractivity contribution in [3.63, 3.8) is 0 Å². The van der Waals surface area contributed by atoms with Crippen LogP contribution in [0.1, 0.15) is 38.5 Å². The van der Waals surface area contributed by atoms with Gasteiger partial charge in [0, 0.05) is 13.5 Å². The summed E-state index contributed by atoms with van der Waals surface area (Å²) in [6.45, 7) is 0.416. The molecular weight excluding hydrogens is 260 g/mol. The summed E-state index contributed by atoms with van der Waals surface area (Å²) in [5.74, 6) is -1.06. The van der Waals surface area contributed by atoms with Crippen LogP contribution in [0.25, 0.3) is 0 Å². The summed E-state index contributed by atoms with van der Waals surface area (Å²) in [6.07, 6.45) is 7.00. The topological polar surface area (TPSA) is 88.3 Å². The summed E-state index contributed by atoms with van der Waals surface area (Å²) in [6, 6.07) is 0. The van der Waals surface area contributed by atoms with Crippen LogP contribution in [-0.2, 0) is 16.1 Å². The van der Waals surface area contributed by atoms with Gasteiger partial charge in [-0.15, -0.1) is 0 Å². The predicted octanol–water partition coefficient (Wildman–Crippen LogP) is 0.914. The molecule has 1 aliphatic carbocycles. The van der Waals surface area contributed by atoms with E-state index < -0.39 is 11.5 Å². The molecule has 7 nitrogen and oxygen atoms in total. The maximum atomic E-state index is 12.2. The Hall–Kier alpha value is -1.92. The number of carboxylic acid groups (broad SMARTS) is 1. The fourth-order valence-electron chi connectivity index (χ4n) is 2.79. The number of likely N-dealkylation sites (N-methyl/N-ethyl adjacent to an activating group) is 1. The lowest BCUT2D eigenvalue weighted by Crippen LogP contribution is -2.56. The molecule has 0 aromatic carbocycles. The fraction of sp³-hybridized carbons (Fsp3) is 0.692. The van der Waals surface area contributed by atoms with Gasteiger partial charge in [-0.05, 0) is 12.8 Å². The second-order valence-electron chi connectivity index (χ2n) is 5.26. The molecule has 0 atom stereocenters. The Morgan fingerprint density at radius 1 is 1.35 bits per heavy atom. The van der Waals surface area contributed by atoms with Crippen LogP contribution in [-0.4, -0.2) is 49.2 Å². The Kier molecular flexibility index (Phi) is 4.36. The molecule has 7 heteroatoms. The largest absolute Gasteiger partial charge is 0.479 e. The highest BCUT2D eigenvalue weighted by Gasteiger charge is 2.45. The van der Waals surface area contributed by atoms with E-state index in [0.29, 0.717) is 19.4 Å². The van der Waals surface area contributed by atoms with E-state index >= 15 is 0 Å². The Morgan fingerprint density at radius 3 is 2.60 bits per heavy atom. The number of carboxylic acids is 1. The van der Waals surface area contributed by atoms with Gasteiger partial charge in [0.05, 0.1) is 6.54 Å². The van der Waals surface area contributed by atoms with E-state index in [-0.39, 0.29) is 12.3 Å². The van der Waals surface area contributed by atoms with Gasteiger partial charge in [-0.3, -0.25) is 9.48 Å². The quantitative estimate of drug-likeness (QED) is 0.866. The molecule has 1 saturated carbocycles. The normalized spacial score (nSPS) is 17.6. The molecule has 1 N–H and O–H groups in total. The molecule has 110 valence electrons. The number of aromatic nitrogens is 3. The van der Waals surface area contributed by atoms with E-state index in [1.807, 2.05) is 0 Å². The van der Waals surface area contributed by atoms with Crippen LogP contribution in [0.2, 0.25) is 0 Å². The summed E-state index contributed by atoms with van der Waals surface area (Å²) < 4.78 is 1.57. The zero-order valence-corrected chi connectivity index (χ0v) is 11.7. The minimum absolute atomic E-state index is 0.162. The molecule has 1 amide bonds. The van der Waals surface area contributed by atoms with Gasteiger partial charge in [-0.1, -0.05) is 19.3 Å². The lowest BCUT2D eigenvalue weighted by atomic mass is 9.80. The number of amides is 1. The van der Waals surface area contributed by atoms with E-state index in [1.165, 1.54) is 11.2 Å². The Balaban J connectivity index is 2.01. The molecular formula is C13H20N4O3. The minimum atomic E-state index is -1.03. The SMILES string of the molecule is CN(C(=O)CCn1cncn1)C1(C(=O)O)CCCCC1. The Labute approximate surface area is 117 Å². The second kappa shape index (κ2) is 6.02. The van der Waals surface area contributed by atoms with Crippen LogP contribution >= 0.6 is 0 Å². The van der Waals surface area contributed by atoms with Gasteiger partial charge >= 0.3 is 5.97 Å². The van der Waals surface area contributed by atoms with Crippen LogP contribution in [0, 0.1) is 0 Å². The number of carbonyl (C=O) groups is 2. The highest BCUT2D eigenvalue weighted by Crippen LogP contribution is 2.33. The molecule has 0 aliphatic heterocycles. The zero-order valence-electron chi connectivity index (χ0n) is 11.7. The summed E-state index contributed by atoms with van der Waals surface area (Å²) in [5, 5.41) is 13.5. The molecule has 1 fully saturated rings. The minimum Gasteiger partial charge on any atom is -0.479 e. The first kappa shape index (κ1) is 14.5. The molecule has 0 saturated heterocycles. The average Bonchev–Trinajstić information content (AvgIpc) is 2.97. The van der Waals surface area contributed by atoms with Crippen molar-refractivity contribution in [2.45, 2.75) is 50.6 Å². The monoisotopic (exact) mass is 280 g/mol. The van der Waals surface area contributed by atoms with Crippen LogP contribution in [0.5, 0.6) is 0 Å². The van der Waals surface area contributed by atoms with Gasteiger partial charge in [-0.2, -0.15) is 5.10 Å². The van der Waals surface area contributed by atoms with Gasteiger partial charge < -0.3 is 10.0 Å². The summed E-state index contributed by atoms with van der Waals surface area (Å²) in [5.41, 5.74) is -1.03. The van der Waals surface area contributed by atoms with Crippen molar-refractivity contribution >= 4 is 11.9 Å². The van der Waals surface area contributed by atoms with Gasteiger partial charge in [0.2, 0.25) is 5.91 Å². The highest BCUT2D eigenvalue weighted by atomic mass is 16.4. The van der Waals surface area contributed by atoms with Gasteiger partial charge in [0.15, 0.2) is 0 Å². The third-order valence-electron chi connectivity index (χ3n) is 4.12. The maximum absolute atomic E-state index is 12.2. The van der Waals surface area contributed by atoms with Crippen molar-refractivity contribution in [2.75, 3.05) is 7.05 Å². The van der Waals surface area contributed by atoms with Crippen LogP contribution in [0.3, 0.4) is 0 Å². The number of hydrogen-bond donors (Lipinski definition) is 1. The van der Waals surface area contributed by atoms with Crippen molar-refractivity contribution in [3.8, 4) is 0 Å². The highest BCUT2D eigenvalue weighted by molar-refractivity contribution is 5.87. The zero-order chi connectivity index (χ0) is 14.6. The Bertz CT molecular complexity index is 466. The fourth-order valence-corrected chi connectivity index (χ4v) is 2.79.